The predicted octanol–water partition coefficient (Wildman–Crippen LogP) is 4.31. The lowest BCUT2D eigenvalue weighted by Crippen LogP contribution is -2.34. The van der Waals surface area contributed by atoms with Crippen LogP contribution in [0.15, 0.2) is 18.3 Å². The third-order valence-electron chi connectivity index (χ3n) is 5.75. The summed E-state index contributed by atoms with van der Waals surface area (Å²) in [7, 11) is 0. The minimum Gasteiger partial charge on any atom is -0.481 e. The molecule has 3 rings (SSSR count). The molecule has 1 saturated carbocycles. The van der Waals surface area contributed by atoms with Crippen LogP contribution in [-0.4, -0.2) is 38.1 Å². The summed E-state index contributed by atoms with van der Waals surface area (Å²) in [5.41, 5.74) is 2.23. The van der Waals surface area contributed by atoms with Gasteiger partial charge in [0.15, 0.2) is 0 Å². The Bertz CT molecular complexity index is 1070. The molecule has 2 aromatic rings. The molecule has 1 fully saturated rings. The van der Waals surface area contributed by atoms with E-state index in [0.29, 0.717) is 37.3 Å². The highest BCUT2D eigenvalue weighted by Crippen LogP contribution is 2.28. The van der Waals surface area contributed by atoms with Gasteiger partial charge in [-0.25, -0.2) is 4.98 Å². The van der Waals surface area contributed by atoms with Gasteiger partial charge in [0.25, 0.3) is 5.91 Å². The smallest absolute Gasteiger partial charge is 0.306 e. The Morgan fingerprint density at radius 2 is 1.94 bits per heavy atom. The Kier molecular flexibility index (Phi) is 7.80. The van der Waals surface area contributed by atoms with Crippen molar-refractivity contribution >= 4 is 23.5 Å². The molecule has 7 nitrogen and oxygen atoms in total. The third kappa shape index (κ3) is 6.82. The SMILES string of the molecule is Cc1ccc(Cn2c(Cl)nc(C#CC(C)(C)C)c2C(=O)NCC2CCC(C(=O)O)CC2)cn1. The summed E-state index contributed by atoms with van der Waals surface area (Å²) < 4.78 is 1.66. The van der Waals surface area contributed by atoms with Gasteiger partial charge >= 0.3 is 5.97 Å². The van der Waals surface area contributed by atoms with E-state index in [9.17, 15) is 14.7 Å². The summed E-state index contributed by atoms with van der Waals surface area (Å²) in [5.74, 6) is 5.13. The number of aliphatic carboxylic acids is 1. The summed E-state index contributed by atoms with van der Waals surface area (Å²) in [6.45, 7) is 8.71. The monoisotopic (exact) mass is 470 g/mol. The summed E-state index contributed by atoms with van der Waals surface area (Å²) in [5, 5.41) is 12.4. The average Bonchev–Trinajstić information content (AvgIpc) is 3.07. The zero-order valence-corrected chi connectivity index (χ0v) is 20.4. The van der Waals surface area contributed by atoms with Gasteiger partial charge < -0.3 is 15.0 Å². The first-order valence-electron chi connectivity index (χ1n) is 11.2. The van der Waals surface area contributed by atoms with E-state index in [0.717, 1.165) is 24.1 Å². The number of pyridine rings is 1. The van der Waals surface area contributed by atoms with Crippen LogP contribution < -0.4 is 5.32 Å². The average molecular weight is 471 g/mol. The van der Waals surface area contributed by atoms with Gasteiger partial charge in [-0.1, -0.05) is 12.0 Å². The number of nitrogens with one attached hydrogen (secondary N) is 1. The second-order valence-electron chi connectivity index (χ2n) is 9.74. The van der Waals surface area contributed by atoms with E-state index in [4.69, 9.17) is 11.6 Å². The Morgan fingerprint density at radius 3 is 2.52 bits per heavy atom. The van der Waals surface area contributed by atoms with Gasteiger partial charge in [-0.2, -0.15) is 0 Å². The molecule has 2 N–H and O–H groups in total. The van der Waals surface area contributed by atoms with Crippen LogP contribution >= 0.6 is 11.6 Å². The lowest BCUT2D eigenvalue weighted by molar-refractivity contribution is -0.143. The molecule has 176 valence electrons. The van der Waals surface area contributed by atoms with Crippen LogP contribution in [0.2, 0.25) is 5.28 Å². The van der Waals surface area contributed by atoms with Crippen LogP contribution in [0.25, 0.3) is 0 Å². The first kappa shape index (κ1) is 24.8. The van der Waals surface area contributed by atoms with Crippen molar-refractivity contribution in [3.05, 3.63) is 46.3 Å². The molecule has 0 saturated heterocycles. The molecule has 1 amide bonds. The maximum atomic E-state index is 13.3. The fourth-order valence-electron chi connectivity index (χ4n) is 3.84. The van der Waals surface area contributed by atoms with Gasteiger partial charge in [-0.05, 0) is 88.4 Å². The highest BCUT2D eigenvalue weighted by molar-refractivity contribution is 6.29. The van der Waals surface area contributed by atoms with Crippen molar-refractivity contribution < 1.29 is 14.7 Å². The number of rotatable bonds is 6. The number of hydrogen-bond donors (Lipinski definition) is 2. The van der Waals surface area contributed by atoms with Crippen LogP contribution in [0.1, 0.15) is 73.9 Å². The van der Waals surface area contributed by atoms with E-state index >= 15 is 0 Å². The number of nitrogens with zero attached hydrogens (tertiary/aromatic N) is 3. The van der Waals surface area contributed by atoms with Gasteiger partial charge in [-0.3, -0.25) is 14.6 Å². The van der Waals surface area contributed by atoms with Gasteiger partial charge in [0, 0.05) is 23.9 Å². The Morgan fingerprint density at radius 1 is 1.24 bits per heavy atom. The van der Waals surface area contributed by atoms with Gasteiger partial charge in [-0.15, -0.1) is 0 Å². The molecule has 0 unspecified atom stereocenters. The maximum Gasteiger partial charge on any atom is 0.306 e. The Hall–Kier alpha value is -2.85. The van der Waals surface area contributed by atoms with Gasteiger partial charge in [0.2, 0.25) is 5.28 Å². The van der Waals surface area contributed by atoms with Crippen molar-refractivity contribution in [3.8, 4) is 11.8 Å². The molecule has 0 bridgehead atoms. The highest BCUT2D eigenvalue weighted by Gasteiger charge is 2.27. The number of imidazole rings is 1. The summed E-state index contributed by atoms with van der Waals surface area (Å²) in [6.07, 6.45) is 4.60. The predicted molar refractivity (Wildman–Crippen MR) is 127 cm³/mol. The van der Waals surface area contributed by atoms with Crippen molar-refractivity contribution in [3.63, 3.8) is 0 Å². The molecule has 0 atom stereocenters. The van der Waals surface area contributed by atoms with Crippen molar-refractivity contribution in [1.82, 2.24) is 19.9 Å². The van der Waals surface area contributed by atoms with Crippen molar-refractivity contribution in [2.24, 2.45) is 17.3 Å². The molecule has 8 heteroatoms. The summed E-state index contributed by atoms with van der Waals surface area (Å²) >= 11 is 6.45. The van der Waals surface area contributed by atoms with Crippen LogP contribution in [0, 0.1) is 36.0 Å². The molecule has 0 aromatic carbocycles. The molecule has 1 aliphatic rings. The van der Waals surface area contributed by atoms with E-state index in [1.807, 2.05) is 39.8 Å². The minimum atomic E-state index is -0.733. The molecule has 0 radical (unpaired) electrons. The van der Waals surface area contributed by atoms with Crippen LogP contribution in [0.5, 0.6) is 0 Å². The van der Waals surface area contributed by atoms with Crippen molar-refractivity contribution in [2.75, 3.05) is 6.54 Å². The highest BCUT2D eigenvalue weighted by atomic mass is 35.5. The first-order chi connectivity index (χ1) is 15.5. The number of aryl methyl sites for hydroxylation is 1. The molecule has 33 heavy (non-hydrogen) atoms. The zero-order valence-electron chi connectivity index (χ0n) is 19.6. The molecular formula is C25H31ClN4O3. The van der Waals surface area contributed by atoms with E-state index in [1.165, 1.54) is 0 Å². The fourth-order valence-corrected chi connectivity index (χ4v) is 4.07. The van der Waals surface area contributed by atoms with Gasteiger partial charge in [0.1, 0.15) is 11.4 Å². The lowest BCUT2D eigenvalue weighted by atomic mass is 9.82. The number of carbonyl (C=O) groups excluding carboxylic acids is 1. The van der Waals surface area contributed by atoms with Crippen molar-refractivity contribution in [2.45, 2.75) is 59.9 Å². The van der Waals surface area contributed by atoms with E-state index in [1.54, 1.807) is 10.8 Å². The van der Waals surface area contributed by atoms with E-state index < -0.39 is 5.97 Å². The zero-order chi connectivity index (χ0) is 24.2. The Labute approximate surface area is 200 Å². The number of carbonyl (C=O) groups is 2. The molecule has 2 heterocycles. The van der Waals surface area contributed by atoms with Crippen molar-refractivity contribution in [1.29, 1.82) is 0 Å². The minimum absolute atomic E-state index is 0.195. The second kappa shape index (κ2) is 10.4. The largest absolute Gasteiger partial charge is 0.481 e. The van der Waals surface area contributed by atoms with Gasteiger partial charge in [0.05, 0.1) is 12.5 Å². The number of hydrogen-bond acceptors (Lipinski definition) is 4. The second-order valence-corrected chi connectivity index (χ2v) is 10.1. The fraction of sp³-hybridized carbons (Fsp3) is 0.520. The number of aromatic nitrogens is 3. The number of halogens is 1. The number of amides is 1. The van der Waals surface area contributed by atoms with Crippen LogP contribution in [-0.2, 0) is 11.3 Å². The number of carboxylic acids is 1. The molecule has 0 spiro atoms. The quantitative estimate of drug-likeness (QED) is 0.613. The molecular weight excluding hydrogens is 440 g/mol. The summed E-state index contributed by atoms with van der Waals surface area (Å²) in [4.78, 5) is 33.2. The Balaban J connectivity index is 1.82. The maximum absolute atomic E-state index is 13.3. The summed E-state index contributed by atoms with van der Waals surface area (Å²) in [6, 6.07) is 3.86. The lowest BCUT2D eigenvalue weighted by Gasteiger charge is -2.26. The van der Waals surface area contributed by atoms with Crippen LogP contribution in [0.3, 0.4) is 0 Å². The normalized spacial score (nSPS) is 18.3. The first-order valence-corrected chi connectivity index (χ1v) is 11.6. The molecule has 0 aliphatic heterocycles. The van der Waals surface area contributed by atoms with E-state index in [-0.39, 0.29) is 28.4 Å². The topological polar surface area (TPSA) is 97.1 Å². The molecule has 1 aliphatic carbocycles. The third-order valence-corrected chi connectivity index (χ3v) is 6.04. The standard InChI is InChI=1S/C25H31ClN4O3/c1-16-5-6-18(14-27-16)15-30-21(20(29-24(30)26)11-12-25(2,3)4)22(31)28-13-17-7-9-19(10-8-17)23(32)33/h5-6,14,17,19H,7-10,13,15H2,1-4H3,(H,28,31)(H,32,33). The number of carboxylic acid groups (broad SMARTS) is 1. The molecule has 2 aromatic heterocycles. The van der Waals surface area contributed by atoms with Crippen LogP contribution in [0.4, 0.5) is 0 Å². The van der Waals surface area contributed by atoms with E-state index in [2.05, 4.69) is 27.1 Å².